The fourth-order valence-electron chi connectivity index (χ4n) is 1.42. The molecular formula is C12H16F2N2O. The fraction of sp³-hybridized carbons (Fsp3) is 0.417. The van der Waals surface area contributed by atoms with Crippen molar-refractivity contribution in [3.8, 4) is 0 Å². The second kappa shape index (κ2) is 6.30. The number of anilines is 1. The molecule has 1 aromatic rings. The molecule has 0 aliphatic heterocycles. The number of hydrogen-bond acceptors (Lipinski definition) is 2. The van der Waals surface area contributed by atoms with E-state index in [2.05, 4.69) is 5.32 Å². The number of amides is 1. The Morgan fingerprint density at radius 3 is 2.65 bits per heavy atom. The van der Waals surface area contributed by atoms with Gasteiger partial charge in [0.05, 0.1) is 0 Å². The summed E-state index contributed by atoms with van der Waals surface area (Å²) in [7, 11) is 3.36. The van der Waals surface area contributed by atoms with Crippen molar-refractivity contribution in [3.63, 3.8) is 0 Å². The number of nitrogens with one attached hydrogen (secondary N) is 1. The van der Waals surface area contributed by atoms with Gasteiger partial charge in [-0.05, 0) is 32.1 Å². The van der Waals surface area contributed by atoms with E-state index < -0.39 is 11.6 Å². The molecule has 0 atom stereocenters. The first-order valence-corrected chi connectivity index (χ1v) is 5.42. The van der Waals surface area contributed by atoms with Crippen LogP contribution in [0.1, 0.15) is 12.8 Å². The molecule has 0 aliphatic carbocycles. The molecule has 0 unspecified atom stereocenters. The van der Waals surface area contributed by atoms with E-state index in [4.69, 9.17) is 0 Å². The van der Waals surface area contributed by atoms with E-state index in [0.29, 0.717) is 18.5 Å². The largest absolute Gasteiger partial charge is 0.320 e. The van der Waals surface area contributed by atoms with Gasteiger partial charge in [-0.3, -0.25) is 4.79 Å². The van der Waals surface area contributed by atoms with Crippen LogP contribution in [0.3, 0.4) is 0 Å². The summed E-state index contributed by atoms with van der Waals surface area (Å²) in [5, 5.41) is 2.94. The van der Waals surface area contributed by atoms with Gasteiger partial charge in [0.1, 0.15) is 0 Å². The SMILES string of the molecule is CNCCCC(=O)N(C)c1ccc(F)c(F)c1. The van der Waals surface area contributed by atoms with Crippen LogP contribution in [0.4, 0.5) is 14.5 Å². The average Bonchev–Trinajstić information content (AvgIpc) is 2.32. The predicted octanol–water partition coefficient (Wildman–Crippen LogP) is 1.93. The highest BCUT2D eigenvalue weighted by Gasteiger charge is 2.12. The summed E-state index contributed by atoms with van der Waals surface area (Å²) in [6, 6.07) is 3.42. The van der Waals surface area contributed by atoms with Crippen molar-refractivity contribution in [2.45, 2.75) is 12.8 Å². The van der Waals surface area contributed by atoms with E-state index in [-0.39, 0.29) is 5.91 Å². The van der Waals surface area contributed by atoms with Crippen molar-refractivity contribution in [2.75, 3.05) is 25.5 Å². The molecular weight excluding hydrogens is 226 g/mol. The van der Waals surface area contributed by atoms with E-state index in [0.717, 1.165) is 18.7 Å². The molecule has 1 N–H and O–H groups in total. The van der Waals surface area contributed by atoms with Crippen molar-refractivity contribution >= 4 is 11.6 Å². The summed E-state index contributed by atoms with van der Waals surface area (Å²) >= 11 is 0. The van der Waals surface area contributed by atoms with Crippen molar-refractivity contribution in [1.29, 1.82) is 0 Å². The Bertz CT molecular complexity index is 396. The third-order valence-corrected chi connectivity index (χ3v) is 2.48. The Morgan fingerprint density at radius 2 is 2.06 bits per heavy atom. The van der Waals surface area contributed by atoms with E-state index in [1.807, 2.05) is 7.05 Å². The van der Waals surface area contributed by atoms with Crippen LogP contribution >= 0.6 is 0 Å². The van der Waals surface area contributed by atoms with Crippen LogP contribution in [-0.2, 0) is 4.79 Å². The number of carbonyl (C=O) groups is 1. The van der Waals surface area contributed by atoms with Gasteiger partial charge in [-0.25, -0.2) is 8.78 Å². The maximum atomic E-state index is 13.0. The maximum absolute atomic E-state index is 13.0. The first kappa shape index (κ1) is 13.6. The van der Waals surface area contributed by atoms with E-state index >= 15 is 0 Å². The third kappa shape index (κ3) is 3.78. The summed E-state index contributed by atoms with van der Waals surface area (Å²) in [5.41, 5.74) is 0.360. The molecule has 0 saturated heterocycles. The van der Waals surface area contributed by atoms with Gasteiger partial charge in [0, 0.05) is 25.2 Å². The highest BCUT2D eigenvalue weighted by molar-refractivity contribution is 5.92. The minimum atomic E-state index is -0.947. The van der Waals surface area contributed by atoms with Gasteiger partial charge in [-0.2, -0.15) is 0 Å². The van der Waals surface area contributed by atoms with Gasteiger partial charge in [-0.1, -0.05) is 0 Å². The number of hydrogen-bond donors (Lipinski definition) is 1. The second-order valence-corrected chi connectivity index (χ2v) is 3.76. The minimum Gasteiger partial charge on any atom is -0.320 e. The smallest absolute Gasteiger partial charge is 0.226 e. The average molecular weight is 242 g/mol. The number of benzene rings is 1. The maximum Gasteiger partial charge on any atom is 0.226 e. The number of nitrogens with zero attached hydrogens (tertiary/aromatic N) is 1. The van der Waals surface area contributed by atoms with Crippen molar-refractivity contribution < 1.29 is 13.6 Å². The van der Waals surface area contributed by atoms with Crippen LogP contribution in [0.2, 0.25) is 0 Å². The summed E-state index contributed by atoms with van der Waals surface area (Å²) in [4.78, 5) is 13.0. The Morgan fingerprint density at radius 1 is 1.35 bits per heavy atom. The van der Waals surface area contributed by atoms with Gasteiger partial charge in [0.2, 0.25) is 5.91 Å². The quantitative estimate of drug-likeness (QED) is 0.800. The number of rotatable bonds is 5. The van der Waals surface area contributed by atoms with Crippen molar-refractivity contribution in [2.24, 2.45) is 0 Å². The molecule has 5 heteroatoms. The van der Waals surface area contributed by atoms with Crippen LogP contribution in [0.25, 0.3) is 0 Å². The lowest BCUT2D eigenvalue weighted by molar-refractivity contribution is -0.118. The molecule has 1 amide bonds. The standard InChI is InChI=1S/C12H16F2N2O/c1-15-7-3-4-12(17)16(2)9-5-6-10(13)11(14)8-9/h5-6,8,15H,3-4,7H2,1-2H3. The van der Waals surface area contributed by atoms with Gasteiger partial charge < -0.3 is 10.2 Å². The van der Waals surface area contributed by atoms with Crippen molar-refractivity contribution in [1.82, 2.24) is 5.32 Å². The zero-order valence-electron chi connectivity index (χ0n) is 9.96. The number of carbonyl (C=O) groups excluding carboxylic acids is 1. The molecule has 0 saturated carbocycles. The molecule has 0 aromatic heterocycles. The van der Waals surface area contributed by atoms with Crippen LogP contribution in [-0.4, -0.2) is 26.5 Å². The molecule has 0 bridgehead atoms. The van der Waals surface area contributed by atoms with Crippen LogP contribution < -0.4 is 10.2 Å². The molecule has 0 fully saturated rings. The van der Waals surface area contributed by atoms with Gasteiger partial charge in [-0.15, -0.1) is 0 Å². The third-order valence-electron chi connectivity index (χ3n) is 2.48. The molecule has 1 rings (SSSR count). The topological polar surface area (TPSA) is 32.3 Å². The summed E-state index contributed by atoms with van der Waals surface area (Å²) in [5.74, 6) is -1.98. The van der Waals surface area contributed by atoms with Crippen LogP contribution in [0.5, 0.6) is 0 Å². The predicted molar refractivity (Wildman–Crippen MR) is 62.9 cm³/mol. The monoisotopic (exact) mass is 242 g/mol. The number of halogens is 2. The molecule has 0 heterocycles. The van der Waals surface area contributed by atoms with Crippen LogP contribution in [0, 0.1) is 11.6 Å². The Kier molecular flexibility index (Phi) is 5.03. The van der Waals surface area contributed by atoms with Crippen molar-refractivity contribution in [3.05, 3.63) is 29.8 Å². The highest BCUT2D eigenvalue weighted by atomic mass is 19.2. The van der Waals surface area contributed by atoms with Gasteiger partial charge >= 0.3 is 0 Å². The Labute approximate surface area is 99.4 Å². The zero-order valence-corrected chi connectivity index (χ0v) is 9.96. The van der Waals surface area contributed by atoms with Gasteiger partial charge in [0.25, 0.3) is 0 Å². The molecule has 0 spiro atoms. The van der Waals surface area contributed by atoms with E-state index in [9.17, 15) is 13.6 Å². The molecule has 17 heavy (non-hydrogen) atoms. The van der Waals surface area contributed by atoms with E-state index in [1.54, 1.807) is 7.05 Å². The molecule has 94 valence electrons. The van der Waals surface area contributed by atoms with Gasteiger partial charge in [0.15, 0.2) is 11.6 Å². The molecule has 0 aliphatic rings. The molecule has 3 nitrogen and oxygen atoms in total. The van der Waals surface area contributed by atoms with E-state index in [1.165, 1.54) is 11.0 Å². The Hall–Kier alpha value is -1.49. The second-order valence-electron chi connectivity index (χ2n) is 3.76. The summed E-state index contributed by atoms with van der Waals surface area (Å²) in [6.07, 6.45) is 1.08. The summed E-state index contributed by atoms with van der Waals surface area (Å²) in [6.45, 7) is 0.747. The lowest BCUT2D eigenvalue weighted by Gasteiger charge is -2.17. The lowest BCUT2D eigenvalue weighted by Crippen LogP contribution is -2.26. The minimum absolute atomic E-state index is 0.119. The first-order valence-electron chi connectivity index (χ1n) is 5.42. The zero-order chi connectivity index (χ0) is 12.8. The highest BCUT2D eigenvalue weighted by Crippen LogP contribution is 2.17. The normalized spacial score (nSPS) is 10.4. The fourth-order valence-corrected chi connectivity index (χ4v) is 1.42. The lowest BCUT2D eigenvalue weighted by atomic mass is 10.2. The Balaban J connectivity index is 2.65. The summed E-state index contributed by atoms with van der Waals surface area (Å²) < 4.78 is 25.7. The first-order chi connectivity index (χ1) is 8.06. The molecule has 0 radical (unpaired) electrons. The molecule has 1 aromatic carbocycles. The van der Waals surface area contributed by atoms with Crippen LogP contribution in [0.15, 0.2) is 18.2 Å².